The zero-order chi connectivity index (χ0) is 27.1. The number of fused-ring (bicyclic) bond motifs is 3. The Bertz CT molecular complexity index is 1280. The Kier molecular flexibility index (Phi) is 7.64. The number of likely N-dealkylation sites (tertiary alicyclic amines) is 1. The molecule has 3 aliphatic rings. The second-order valence-electron chi connectivity index (χ2n) is 10.8. The number of rotatable bonds is 7. The number of imide groups is 1. The summed E-state index contributed by atoms with van der Waals surface area (Å²) in [6.45, 7) is 5.86. The normalized spacial score (nSPS) is 25.8. The van der Waals surface area contributed by atoms with E-state index in [4.69, 9.17) is 4.65 Å². The molecule has 0 bridgehead atoms. The first kappa shape index (κ1) is 26.9. The van der Waals surface area contributed by atoms with Crippen LogP contribution in [0.3, 0.4) is 0 Å². The molecule has 1 aliphatic carbocycles. The number of aliphatic hydroxyl groups is 1. The van der Waals surface area contributed by atoms with Crippen molar-refractivity contribution in [2.45, 2.75) is 59.0 Å². The molecule has 9 heteroatoms. The number of carbonyl (C=O) groups excluding carboxylic acids is 2. The van der Waals surface area contributed by atoms with Gasteiger partial charge in [0.2, 0.25) is 11.8 Å². The van der Waals surface area contributed by atoms with Crippen molar-refractivity contribution in [1.29, 1.82) is 0 Å². The van der Waals surface area contributed by atoms with Crippen LogP contribution in [0, 0.1) is 31.6 Å². The molecule has 2 fully saturated rings. The van der Waals surface area contributed by atoms with Crippen LogP contribution >= 0.6 is 11.3 Å². The Hall–Kier alpha value is -2.72. The quantitative estimate of drug-likeness (QED) is 0.278. The third kappa shape index (κ3) is 5.00. The number of hydrogen-bond acceptors (Lipinski definition) is 7. The molecule has 3 N–H and O–H groups in total. The number of aliphatic hydroxyl groups excluding tert-OH is 1. The van der Waals surface area contributed by atoms with Gasteiger partial charge >= 0.3 is 7.12 Å². The molecule has 2 aliphatic heterocycles. The highest BCUT2D eigenvalue weighted by Crippen LogP contribution is 2.50. The van der Waals surface area contributed by atoms with E-state index in [1.807, 2.05) is 50.4 Å². The van der Waals surface area contributed by atoms with Gasteiger partial charge in [-0.05, 0) is 104 Å². The molecule has 200 valence electrons. The molecular weight excluding hydrogens is 501 g/mol. The molecule has 0 saturated carbocycles. The van der Waals surface area contributed by atoms with E-state index in [0.717, 1.165) is 38.3 Å². The monoisotopic (exact) mass is 535 g/mol. The Labute approximate surface area is 227 Å². The minimum atomic E-state index is -1.03. The van der Waals surface area contributed by atoms with E-state index in [-0.39, 0.29) is 37.2 Å². The van der Waals surface area contributed by atoms with E-state index in [1.54, 1.807) is 0 Å². The number of aryl methyl sites for hydroxylation is 2. The fraction of sp³-hybridized carbons (Fsp3) is 0.448. The van der Waals surface area contributed by atoms with Gasteiger partial charge in [-0.3, -0.25) is 14.5 Å². The van der Waals surface area contributed by atoms with Gasteiger partial charge in [0, 0.05) is 4.88 Å². The third-order valence-electron chi connectivity index (χ3n) is 8.21. The lowest BCUT2D eigenvalue weighted by molar-refractivity contribution is -0.140. The summed E-state index contributed by atoms with van der Waals surface area (Å²) >= 11 is 1.51. The molecule has 7 nitrogen and oxygen atoms in total. The fourth-order valence-corrected chi connectivity index (χ4v) is 7.17. The van der Waals surface area contributed by atoms with Crippen LogP contribution in [-0.2, 0) is 20.8 Å². The van der Waals surface area contributed by atoms with Crippen LogP contribution in [0.25, 0.3) is 6.08 Å². The van der Waals surface area contributed by atoms with Gasteiger partial charge in [-0.1, -0.05) is 17.7 Å². The van der Waals surface area contributed by atoms with Crippen LogP contribution in [0.4, 0.5) is 0 Å². The lowest BCUT2D eigenvalue weighted by Crippen LogP contribution is -2.46. The molecule has 38 heavy (non-hydrogen) atoms. The zero-order valence-corrected chi connectivity index (χ0v) is 22.8. The summed E-state index contributed by atoms with van der Waals surface area (Å²) in [6, 6.07) is 7.71. The Morgan fingerprint density at radius 3 is 2.61 bits per heavy atom. The van der Waals surface area contributed by atoms with Crippen LogP contribution in [0.1, 0.15) is 47.8 Å². The maximum Gasteiger partial charge on any atom is 0.455 e. The first-order valence-electron chi connectivity index (χ1n) is 13.2. The zero-order valence-electron chi connectivity index (χ0n) is 22.0. The van der Waals surface area contributed by atoms with Crippen molar-refractivity contribution in [2.75, 3.05) is 6.61 Å². The van der Waals surface area contributed by atoms with Gasteiger partial charge in [0.1, 0.15) is 5.75 Å². The fourth-order valence-electron chi connectivity index (χ4n) is 6.48. The SMILES string of the molecule is C/C(=C\c1cc(C)c(O)c(C)c1)CC[C@H]1OB(O)C[C@H]2C1=C(CO)C[C@H]1C(=O)N(Cc3cccs3)C(=O)[C@H]12. The van der Waals surface area contributed by atoms with Crippen molar-refractivity contribution in [3.05, 3.63) is 67.9 Å². The Balaban J connectivity index is 1.37. The number of benzene rings is 1. The maximum absolute atomic E-state index is 13.6. The van der Waals surface area contributed by atoms with E-state index in [0.29, 0.717) is 25.0 Å². The lowest BCUT2D eigenvalue weighted by Gasteiger charge is -2.42. The molecule has 3 heterocycles. The first-order valence-corrected chi connectivity index (χ1v) is 14.1. The summed E-state index contributed by atoms with van der Waals surface area (Å²) in [7, 11) is -1.03. The number of hydrogen-bond donors (Lipinski definition) is 3. The van der Waals surface area contributed by atoms with Crippen molar-refractivity contribution >= 4 is 36.3 Å². The van der Waals surface area contributed by atoms with Crippen LogP contribution in [0.2, 0.25) is 6.32 Å². The minimum Gasteiger partial charge on any atom is -0.507 e. The Morgan fingerprint density at radius 2 is 1.95 bits per heavy atom. The van der Waals surface area contributed by atoms with Crippen molar-refractivity contribution in [3.8, 4) is 5.75 Å². The molecule has 0 radical (unpaired) electrons. The summed E-state index contributed by atoms with van der Waals surface area (Å²) in [5.41, 5.74) is 5.42. The van der Waals surface area contributed by atoms with E-state index in [2.05, 4.69) is 6.08 Å². The number of phenolic OH excluding ortho intramolecular Hbond substituents is 1. The largest absolute Gasteiger partial charge is 0.507 e. The molecule has 0 spiro atoms. The van der Waals surface area contributed by atoms with Crippen molar-refractivity contribution in [2.24, 2.45) is 17.8 Å². The lowest BCUT2D eigenvalue weighted by atomic mass is 9.58. The van der Waals surface area contributed by atoms with Crippen LogP contribution in [0.15, 0.2) is 46.4 Å². The molecule has 0 unspecified atom stereocenters. The third-order valence-corrected chi connectivity index (χ3v) is 9.07. The molecule has 2 amide bonds. The van der Waals surface area contributed by atoms with Crippen LogP contribution < -0.4 is 0 Å². The highest BCUT2D eigenvalue weighted by molar-refractivity contribution is 7.09. The molecule has 1 aromatic heterocycles. The van der Waals surface area contributed by atoms with Crippen molar-refractivity contribution in [3.63, 3.8) is 0 Å². The van der Waals surface area contributed by atoms with Gasteiger partial charge in [-0.2, -0.15) is 0 Å². The van der Waals surface area contributed by atoms with E-state index in [1.165, 1.54) is 16.2 Å². The predicted molar refractivity (Wildman–Crippen MR) is 147 cm³/mol. The number of thiophene rings is 1. The van der Waals surface area contributed by atoms with Crippen LogP contribution in [-0.4, -0.2) is 51.8 Å². The van der Waals surface area contributed by atoms with Crippen molar-refractivity contribution in [1.82, 2.24) is 4.90 Å². The van der Waals surface area contributed by atoms with E-state index >= 15 is 0 Å². The van der Waals surface area contributed by atoms with E-state index < -0.39 is 25.1 Å². The second-order valence-corrected chi connectivity index (χ2v) is 11.9. The van der Waals surface area contributed by atoms with Gasteiger partial charge < -0.3 is 19.9 Å². The minimum absolute atomic E-state index is 0.185. The second kappa shape index (κ2) is 10.8. The molecule has 2 aromatic rings. The molecule has 4 atom stereocenters. The number of nitrogens with zero attached hydrogens (tertiary/aromatic N) is 1. The maximum atomic E-state index is 13.6. The summed E-state index contributed by atoms with van der Waals surface area (Å²) in [5, 5.41) is 32.9. The van der Waals surface area contributed by atoms with Gasteiger partial charge in [-0.25, -0.2) is 0 Å². The van der Waals surface area contributed by atoms with E-state index in [9.17, 15) is 24.8 Å². The molecular formula is C29H34BNO6S. The van der Waals surface area contributed by atoms with Gasteiger partial charge in [0.15, 0.2) is 0 Å². The number of phenols is 1. The summed E-state index contributed by atoms with van der Waals surface area (Å²) in [5.74, 6) is -1.44. The number of carbonyl (C=O) groups is 2. The Morgan fingerprint density at radius 1 is 1.21 bits per heavy atom. The summed E-state index contributed by atoms with van der Waals surface area (Å²) in [4.78, 5) is 29.2. The number of amides is 2. The highest BCUT2D eigenvalue weighted by atomic mass is 32.1. The summed E-state index contributed by atoms with van der Waals surface area (Å²) < 4.78 is 5.98. The molecule has 2 saturated heterocycles. The average Bonchev–Trinajstić information content (AvgIpc) is 3.48. The molecule has 5 rings (SSSR count). The summed E-state index contributed by atoms with van der Waals surface area (Å²) in [6.07, 6.45) is 3.50. The van der Waals surface area contributed by atoms with Gasteiger partial charge in [0.25, 0.3) is 0 Å². The highest BCUT2D eigenvalue weighted by Gasteiger charge is 2.57. The first-order chi connectivity index (χ1) is 18.2. The number of allylic oxidation sites excluding steroid dienone is 1. The smallest absolute Gasteiger partial charge is 0.455 e. The van der Waals surface area contributed by atoms with Gasteiger partial charge in [-0.15, -0.1) is 11.3 Å². The molecule has 1 aromatic carbocycles. The van der Waals surface area contributed by atoms with Crippen molar-refractivity contribution < 1.29 is 29.5 Å². The van der Waals surface area contributed by atoms with Crippen LogP contribution in [0.5, 0.6) is 5.75 Å². The predicted octanol–water partition coefficient (Wildman–Crippen LogP) is 4.24. The topological polar surface area (TPSA) is 107 Å². The number of aromatic hydroxyl groups is 1. The van der Waals surface area contributed by atoms with Gasteiger partial charge in [0.05, 0.1) is 31.1 Å². The standard InChI is InChI=1S/C29H34BNO6S/c1-16(9-19-10-17(2)27(33)18(3)11-19)6-7-24-25-20(15-32)12-22-26(23(25)13-30(36)37-24)29(35)31(28(22)34)14-21-5-4-8-38-21/h4-5,8-11,22-24,26,32-33,36H,6-7,12-15H2,1-3H3/b16-9+/t22-,23+,24-,26-/m1/s1. The average molecular weight is 535 g/mol.